The zero-order chi connectivity index (χ0) is 21.8. The number of rotatable bonds is 13. The molecule has 0 aliphatic rings. The van der Waals surface area contributed by atoms with Crippen LogP contribution in [0.1, 0.15) is 58.4 Å². The van der Waals surface area contributed by atoms with E-state index in [1.807, 2.05) is 13.8 Å². The van der Waals surface area contributed by atoms with Crippen molar-refractivity contribution in [2.24, 2.45) is 5.92 Å². The summed E-state index contributed by atoms with van der Waals surface area (Å²) in [4.78, 5) is 36.3. The minimum atomic E-state index is -1.10. The number of unbranched alkanes of at least 4 members (excludes halogenated alkanes) is 2. The first-order valence-electron chi connectivity index (χ1n) is 10.1. The summed E-state index contributed by atoms with van der Waals surface area (Å²) in [7, 11) is 0. The summed E-state index contributed by atoms with van der Waals surface area (Å²) in [6.07, 6.45) is 3.86. The molecule has 0 bridgehead atoms. The summed E-state index contributed by atoms with van der Waals surface area (Å²) in [5.41, 5.74) is 6.05. The Labute approximate surface area is 172 Å². The lowest BCUT2D eigenvalue weighted by Gasteiger charge is -2.24. The lowest BCUT2D eigenvalue weighted by molar-refractivity contribution is -0.143. The van der Waals surface area contributed by atoms with Crippen molar-refractivity contribution in [3.63, 3.8) is 0 Å². The van der Waals surface area contributed by atoms with Gasteiger partial charge in [-0.15, -0.1) is 0 Å². The molecule has 0 spiro atoms. The molecule has 2 amide bonds. The average molecular weight is 408 g/mol. The normalized spacial score (nSPS) is 13.9. The molecule has 1 rings (SSSR count). The van der Waals surface area contributed by atoms with Crippen LogP contribution >= 0.6 is 0 Å². The summed E-state index contributed by atoms with van der Waals surface area (Å²) in [5.74, 6) is -1.97. The second kappa shape index (κ2) is 12.8. The maximum atomic E-state index is 12.8. The topological polar surface area (TPSA) is 128 Å². The van der Waals surface area contributed by atoms with Gasteiger partial charge in [0.2, 0.25) is 11.8 Å². The zero-order valence-electron chi connectivity index (χ0n) is 17.4. The summed E-state index contributed by atoms with van der Waals surface area (Å²) in [5, 5.41) is 21.4. The predicted octanol–water partition coefficient (Wildman–Crippen LogP) is 2.12. The number of aromatic hydroxyl groups is 1. The number of carboxylic acid groups (broad SMARTS) is 1. The molecule has 5 N–H and O–H groups in total. The highest BCUT2D eigenvalue weighted by Gasteiger charge is 2.29. The number of carbonyl (C=O) groups excluding carboxylic acids is 2. The smallest absolute Gasteiger partial charge is 0.326 e. The van der Waals surface area contributed by atoms with Crippen LogP contribution in [0.5, 0.6) is 5.75 Å². The van der Waals surface area contributed by atoms with E-state index in [1.165, 1.54) is 12.1 Å². The van der Waals surface area contributed by atoms with E-state index in [2.05, 4.69) is 16.2 Å². The van der Waals surface area contributed by atoms with Crippen LogP contribution in [-0.2, 0) is 20.8 Å². The fourth-order valence-corrected chi connectivity index (χ4v) is 2.78. The first-order chi connectivity index (χ1) is 13.8. The molecule has 162 valence electrons. The molecule has 0 aromatic heterocycles. The Balaban J connectivity index is 2.84. The number of benzene rings is 1. The predicted molar refractivity (Wildman–Crippen MR) is 110 cm³/mol. The fraction of sp³-hybridized carbons (Fsp3) is 0.571. The number of hydrazine groups is 1. The molecule has 1 aromatic rings. The molecule has 8 nitrogen and oxygen atoms in total. The number of carboxylic acids is 1. The number of hydrogen-bond donors (Lipinski definition) is 5. The minimum absolute atomic E-state index is 0.106. The van der Waals surface area contributed by atoms with Gasteiger partial charge in [-0.1, -0.05) is 52.2 Å². The second-order valence-corrected chi connectivity index (χ2v) is 7.28. The van der Waals surface area contributed by atoms with Crippen molar-refractivity contribution in [1.82, 2.24) is 16.2 Å². The van der Waals surface area contributed by atoms with E-state index in [-0.39, 0.29) is 24.0 Å². The van der Waals surface area contributed by atoms with Crippen LogP contribution in [-0.4, -0.2) is 40.1 Å². The Morgan fingerprint density at radius 1 is 1.07 bits per heavy atom. The largest absolute Gasteiger partial charge is 0.508 e. The third kappa shape index (κ3) is 8.95. The molecular formula is C21H33N3O5. The van der Waals surface area contributed by atoms with Gasteiger partial charge in [0.25, 0.3) is 0 Å². The van der Waals surface area contributed by atoms with Crippen LogP contribution in [0.25, 0.3) is 0 Å². The second-order valence-electron chi connectivity index (χ2n) is 7.28. The molecule has 0 heterocycles. The highest BCUT2D eigenvalue weighted by molar-refractivity contribution is 5.87. The molecule has 0 saturated heterocycles. The van der Waals surface area contributed by atoms with Crippen molar-refractivity contribution in [3.8, 4) is 5.75 Å². The Kier molecular flexibility index (Phi) is 10.8. The average Bonchev–Trinajstić information content (AvgIpc) is 2.69. The Bertz CT molecular complexity index is 663. The first kappa shape index (κ1) is 24.4. The Morgan fingerprint density at radius 3 is 2.28 bits per heavy atom. The summed E-state index contributed by atoms with van der Waals surface area (Å²) in [6.45, 7) is 5.66. The van der Waals surface area contributed by atoms with Gasteiger partial charge in [0.1, 0.15) is 17.8 Å². The van der Waals surface area contributed by atoms with Crippen LogP contribution in [0.2, 0.25) is 0 Å². The van der Waals surface area contributed by atoms with E-state index >= 15 is 0 Å². The monoisotopic (exact) mass is 407 g/mol. The zero-order valence-corrected chi connectivity index (χ0v) is 17.4. The van der Waals surface area contributed by atoms with Gasteiger partial charge in [-0.05, 0) is 36.5 Å². The van der Waals surface area contributed by atoms with Crippen LogP contribution in [0.3, 0.4) is 0 Å². The summed E-state index contributed by atoms with van der Waals surface area (Å²) < 4.78 is 0. The van der Waals surface area contributed by atoms with Gasteiger partial charge in [-0.2, -0.15) is 0 Å². The van der Waals surface area contributed by atoms with E-state index in [0.29, 0.717) is 12.8 Å². The molecule has 0 saturated carbocycles. The maximum absolute atomic E-state index is 12.8. The number of phenols is 1. The van der Waals surface area contributed by atoms with Crippen molar-refractivity contribution in [1.29, 1.82) is 0 Å². The molecule has 0 unspecified atom stereocenters. The number of nitrogens with one attached hydrogen (secondary N) is 3. The number of carbonyl (C=O) groups is 3. The van der Waals surface area contributed by atoms with Crippen LogP contribution < -0.4 is 16.2 Å². The molecule has 1 aromatic carbocycles. The SMILES string of the molecule is CCCCCC(=O)NN[C@@H](Cc1ccc(O)cc1)C(=O)N[C@H](C(=O)O)[C@@H](C)CC. The number of hydrogen-bond acceptors (Lipinski definition) is 5. The highest BCUT2D eigenvalue weighted by Crippen LogP contribution is 2.13. The molecule has 0 fully saturated rings. The Hall–Kier alpha value is -2.61. The van der Waals surface area contributed by atoms with Gasteiger partial charge in [-0.3, -0.25) is 15.0 Å². The number of aliphatic carboxylic acids is 1. The van der Waals surface area contributed by atoms with Gasteiger partial charge in [-0.25, -0.2) is 10.2 Å². The highest BCUT2D eigenvalue weighted by atomic mass is 16.4. The quantitative estimate of drug-likeness (QED) is 0.252. The van der Waals surface area contributed by atoms with E-state index in [4.69, 9.17) is 0 Å². The molecule has 8 heteroatoms. The molecular weight excluding hydrogens is 374 g/mol. The molecule has 0 radical (unpaired) electrons. The summed E-state index contributed by atoms with van der Waals surface area (Å²) in [6, 6.07) is 4.48. The minimum Gasteiger partial charge on any atom is -0.508 e. The van der Waals surface area contributed by atoms with E-state index in [0.717, 1.165) is 24.8 Å². The van der Waals surface area contributed by atoms with Gasteiger partial charge in [0.15, 0.2) is 0 Å². The first-order valence-corrected chi connectivity index (χ1v) is 10.1. The van der Waals surface area contributed by atoms with Crippen molar-refractivity contribution in [2.75, 3.05) is 0 Å². The van der Waals surface area contributed by atoms with Crippen LogP contribution in [0, 0.1) is 5.92 Å². The molecule has 29 heavy (non-hydrogen) atoms. The van der Waals surface area contributed by atoms with E-state index in [1.54, 1.807) is 19.1 Å². The lowest BCUT2D eigenvalue weighted by Crippen LogP contribution is -2.56. The summed E-state index contributed by atoms with van der Waals surface area (Å²) >= 11 is 0. The number of amides is 2. The molecule has 3 atom stereocenters. The van der Waals surface area contributed by atoms with Crippen molar-refractivity contribution < 1.29 is 24.6 Å². The molecule has 0 aliphatic carbocycles. The third-order valence-corrected chi connectivity index (χ3v) is 4.86. The fourth-order valence-electron chi connectivity index (χ4n) is 2.78. The van der Waals surface area contributed by atoms with Crippen molar-refractivity contribution in [2.45, 2.75) is 71.4 Å². The van der Waals surface area contributed by atoms with Gasteiger partial charge >= 0.3 is 5.97 Å². The van der Waals surface area contributed by atoms with Crippen molar-refractivity contribution in [3.05, 3.63) is 29.8 Å². The van der Waals surface area contributed by atoms with Gasteiger partial charge < -0.3 is 15.5 Å². The van der Waals surface area contributed by atoms with E-state index in [9.17, 15) is 24.6 Å². The molecule has 0 aliphatic heterocycles. The third-order valence-electron chi connectivity index (χ3n) is 4.86. The van der Waals surface area contributed by atoms with Gasteiger partial charge in [0, 0.05) is 6.42 Å². The van der Waals surface area contributed by atoms with E-state index < -0.39 is 24.0 Å². The van der Waals surface area contributed by atoms with Crippen LogP contribution in [0.4, 0.5) is 0 Å². The number of phenolic OH excluding ortho intramolecular Hbond substituents is 1. The lowest BCUT2D eigenvalue weighted by atomic mass is 9.98. The maximum Gasteiger partial charge on any atom is 0.326 e. The van der Waals surface area contributed by atoms with Gasteiger partial charge in [0.05, 0.1) is 0 Å². The van der Waals surface area contributed by atoms with Crippen LogP contribution in [0.15, 0.2) is 24.3 Å². The Morgan fingerprint density at radius 2 is 1.72 bits per heavy atom. The standard InChI is InChI=1S/C21H33N3O5/c1-4-6-7-8-18(26)24-23-17(13-15-9-11-16(25)12-10-15)20(27)22-19(21(28)29)14(3)5-2/h9-12,14,17,19,23,25H,4-8,13H2,1-3H3,(H,22,27)(H,24,26)(H,28,29)/t14-,17-,19-/m0/s1. The van der Waals surface area contributed by atoms with Crippen molar-refractivity contribution >= 4 is 17.8 Å².